The van der Waals surface area contributed by atoms with Crippen molar-refractivity contribution >= 4 is 47.8 Å². The van der Waals surface area contributed by atoms with E-state index in [4.69, 9.17) is 5.73 Å². The van der Waals surface area contributed by atoms with Crippen LogP contribution >= 0.6 is 47.8 Å². The summed E-state index contributed by atoms with van der Waals surface area (Å²) in [5.74, 6) is 0.236. The zero-order chi connectivity index (χ0) is 10.7. The third-order valence-corrected chi connectivity index (χ3v) is 4.04. The zero-order valence-corrected chi connectivity index (χ0v) is 12.1. The molecule has 0 atom stereocenters. The number of aromatic hydroxyl groups is 1. The van der Waals surface area contributed by atoms with E-state index in [1.165, 1.54) is 0 Å². The van der Waals surface area contributed by atoms with E-state index in [9.17, 15) is 5.11 Å². The molecule has 0 bridgehead atoms. The minimum Gasteiger partial charge on any atom is -0.506 e. The number of nitrogens with two attached hydrogens (primary N) is 1. The molecular weight excluding hydrogens is 378 g/mol. The van der Waals surface area contributed by atoms with E-state index in [-0.39, 0.29) is 5.75 Å². The Morgan fingerprint density at radius 2 is 1.86 bits per heavy atom. The van der Waals surface area contributed by atoms with Crippen molar-refractivity contribution in [2.45, 2.75) is 12.8 Å². The summed E-state index contributed by atoms with van der Waals surface area (Å²) in [4.78, 5) is 0. The second kappa shape index (κ2) is 5.49. The van der Waals surface area contributed by atoms with Crippen LogP contribution in [0.3, 0.4) is 0 Å². The summed E-state index contributed by atoms with van der Waals surface area (Å²) >= 11 is 10.1. The van der Waals surface area contributed by atoms with E-state index in [0.29, 0.717) is 11.0 Å². The van der Waals surface area contributed by atoms with Crippen LogP contribution in [0.4, 0.5) is 0 Å². The largest absolute Gasteiger partial charge is 0.506 e. The molecule has 0 aromatic heterocycles. The molecule has 78 valence electrons. The molecule has 1 aromatic carbocycles. The maximum atomic E-state index is 9.67. The van der Waals surface area contributed by atoms with E-state index in [0.717, 1.165) is 27.4 Å². The highest BCUT2D eigenvalue weighted by Gasteiger charge is 2.12. The second-order valence-corrected chi connectivity index (χ2v) is 5.38. The van der Waals surface area contributed by atoms with Gasteiger partial charge in [-0.1, -0.05) is 15.9 Å². The Kier molecular flexibility index (Phi) is 4.90. The zero-order valence-electron chi connectivity index (χ0n) is 7.36. The SMILES string of the molecule is NCCCc1c(Br)cc(Br)c(O)c1Br. The smallest absolute Gasteiger partial charge is 0.144 e. The number of phenolic OH excluding ortho intramolecular Hbond substituents is 1. The molecule has 0 saturated carbocycles. The van der Waals surface area contributed by atoms with Crippen LogP contribution in [-0.2, 0) is 6.42 Å². The molecule has 3 N–H and O–H groups in total. The van der Waals surface area contributed by atoms with Gasteiger partial charge in [-0.2, -0.15) is 0 Å². The summed E-state index contributed by atoms with van der Waals surface area (Å²) in [6, 6.07) is 1.84. The summed E-state index contributed by atoms with van der Waals surface area (Å²) in [5, 5.41) is 9.67. The average molecular weight is 388 g/mol. The lowest BCUT2D eigenvalue weighted by Crippen LogP contribution is -2.01. The molecule has 0 fully saturated rings. The Hall–Kier alpha value is 0.420. The normalized spacial score (nSPS) is 10.6. The van der Waals surface area contributed by atoms with Crippen LogP contribution in [-0.4, -0.2) is 11.7 Å². The molecule has 0 heterocycles. The molecule has 0 aliphatic heterocycles. The maximum Gasteiger partial charge on any atom is 0.144 e. The molecule has 0 spiro atoms. The van der Waals surface area contributed by atoms with Crippen LogP contribution in [0.1, 0.15) is 12.0 Å². The van der Waals surface area contributed by atoms with Gasteiger partial charge in [0.2, 0.25) is 0 Å². The van der Waals surface area contributed by atoms with Crippen LogP contribution in [0, 0.1) is 0 Å². The predicted octanol–water partition coefficient (Wildman–Crippen LogP) is 3.57. The Morgan fingerprint density at radius 3 is 2.43 bits per heavy atom. The second-order valence-electron chi connectivity index (χ2n) is 2.87. The lowest BCUT2D eigenvalue weighted by molar-refractivity contribution is 0.467. The van der Waals surface area contributed by atoms with Crippen molar-refractivity contribution in [3.05, 3.63) is 25.0 Å². The van der Waals surface area contributed by atoms with Crippen molar-refractivity contribution in [2.24, 2.45) is 5.73 Å². The Morgan fingerprint density at radius 1 is 1.21 bits per heavy atom. The highest BCUT2D eigenvalue weighted by atomic mass is 79.9. The van der Waals surface area contributed by atoms with Crippen LogP contribution in [0.5, 0.6) is 5.75 Å². The highest BCUT2D eigenvalue weighted by molar-refractivity contribution is 9.11. The number of hydrogen-bond acceptors (Lipinski definition) is 2. The van der Waals surface area contributed by atoms with Crippen LogP contribution in [0.15, 0.2) is 19.5 Å². The summed E-state index contributed by atoms with van der Waals surface area (Å²) in [5.41, 5.74) is 6.49. The van der Waals surface area contributed by atoms with Crippen molar-refractivity contribution < 1.29 is 5.11 Å². The fourth-order valence-electron chi connectivity index (χ4n) is 1.13. The maximum absolute atomic E-state index is 9.67. The topological polar surface area (TPSA) is 46.2 Å². The molecule has 14 heavy (non-hydrogen) atoms. The predicted molar refractivity (Wildman–Crippen MR) is 68.6 cm³/mol. The van der Waals surface area contributed by atoms with Crippen molar-refractivity contribution in [1.29, 1.82) is 0 Å². The van der Waals surface area contributed by atoms with E-state index in [2.05, 4.69) is 47.8 Å². The average Bonchev–Trinajstić information content (AvgIpc) is 2.14. The summed E-state index contributed by atoms with van der Waals surface area (Å²) < 4.78 is 2.38. The molecule has 1 rings (SSSR count). The van der Waals surface area contributed by atoms with E-state index in [1.807, 2.05) is 6.07 Å². The van der Waals surface area contributed by atoms with Gasteiger partial charge in [-0.25, -0.2) is 0 Å². The monoisotopic (exact) mass is 385 g/mol. The standard InChI is InChI=1S/C9H10Br3NO/c10-6-4-7(11)9(14)8(12)5(6)2-1-3-13/h4,14H,1-3,13H2. The van der Waals surface area contributed by atoms with Crippen molar-refractivity contribution in [3.8, 4) is 5.75 Å². The van der Waals surface area contributed by atoms with Gasteiger partial charge in [-0.15, -0.1) is 0 Å². The Labute approximate surface area is 108 Å². The molecule has 1 aromatic rings. The van der Waals surface area contributed by atoms with E-state index in [1.54, 1.807) is 0 Å². The fraction of sp³-hybridized carbons (Fsp3) is 0.333. The molecule has 0 unspecified atom stereocenters. The first kappa shape index (κ1) is 12.5. The molecule has 0 aliphatic carbocycles. The van der Waals surface area contributed by atoms with Gasteiger partial charge < -0.3 is 10.8 Å². The van der Waals surface area contributed by atoms with Crippen molar-refractivity contribution in [1.82, 2.24) is 0 Å². The van der Waals surface area contributed by atoms with Gasteiger partial charge in [0, 0.05) is 4.47 Å². The fourth-order valence-corrected chi connectivity index (χ4v) is 3.64. The third-order valence-electron chi connectivity index (χ3n) is 1.87. The van der Waals surface area contributed by atoms with E-state index >= 15 is 0 Å². The molecule has 2 nitrogen and oxygen atoms in total. The highest BCUT2D eigenvalue weighted by Crippen LogP contribution is 2.39. The van der Waals surface area contributed by atoms with Crippen molar-refractivity contribution in [3.63, 3.8) is 0 Å². The molecule has 0 aliphatic rings. The van der Waals surface area contributed by atoms with Crippen LogP contribution in [0.25, 0.3) is 0 Å². The molecule has 0 radical (unpaired) electrons. The van der Waals surface area contributed by atoms with Gasteiger partial charge in [0.1, 0.15) is 5.75 Å². The molecule has 5 heteroatoms. The Bertz CT molecular complexity index is 341. The van der Waals surface area contributed by atoms with Crippen LogP contribution in [0.2, 0.25) is 0 Å². The first-order valence-corrected chi connectivity index (χ1v) is 6.51. The van der Waals surface area contributed by atoms with Gasteiger partial charge in [0.05, 0.1) is 8.95 Å². The third kappa shape index (κ3) is 2.72. The number of benzene rings is 1. The van der Waals surface area contributed by atoms with Gasteiger partial charge >= 0.3 is 0 Å². The minimum atomic E-state index is 0.236. The van der Waals surface area contributed by atoms with Gasteiger partial charge in [0.15, 0.2) is 0 Å². The van der Waals surface area contributed by atoms with Gasteiger partial charge in [-0.05, 0) is 62.9 Å². The number of halogens is 3. The minimum absolute atomic E-state index is 0.236. The number of phenols is 1. The summed E-state index contributed by atoms with van der Waals surface area (Å²) in [7, 11) is 0. The summed E-state index contributed by atoms with van der Waals surface area (Å²) in [6.45, 7) is 0.649. The molecular formula is C9H10Br3NO. The first-order valence-electron chi connectivity index (χ1n) is 4.13. The lowest BCUT2D eigenvalue weighted by atomic mass is 10.1. The van der Waals surface area contributed by atoms with Gasteiger partial charge in [-0.3, -0.25) is 0 Å². The van der Waals surface area contributed by atoms with Crippen LogP contribution < -0.4 is 5.73 Å². The Balaban J connectivity index is 3.09. The molecule has 0 amide bonds. The number of hydrogen-bond donors (Lipinski definition) is 2. The van der Waals surface area contributed by atoms with Crippen molar-refractivity contribution in [2.75, 3.05) is 6.54 Å². The lowest BCUT2D eigenvalue weighted by Gasteiger charge is -2.10. The number of rotatable bonds is 3. The quantitative estimate of drug-likeness (QED) is 0.832. The first-order chi connectivity index (χ1) is 6.57. The van der Waals surface area contributed by atoms with Gasteiger partial charge in [0.25, 0.3) is 0 Å². The molecule has 0 saturated heterocycles. The van der Waals surface area contributed by atoms with E-state index < -0.39 is 0 Å². The summed E-state index contributed by atoms with van der Waals surface area (Å²) in [6.07, 6.45) is 1.75.